The molecule has 20 heavy (non-hydrogen) atoms. The average molecular weight is 313 g/mol. The fourth-order valence-electron chi connectivity index (χ4n) is 2.94. The molecule has 1 unspecified atom stereocenters. The van der Waals surface area contributed by atoms with Crippen molar-refractivity contribution < 1.29 is 4.74 Å². The third-order valence-electron chi connectivity index (χ3n) is 4.11. The fourth-order valence-corrected chi connectivity index (χ4v) is 3.25. The Kier molecular flexibility index (Phi) is 3.69. The predicted molar refractivity (Wildman–Crippen MR) is 82.7 cm³/mol. The van der Waals surface area contributed by atoms with Crippen LogP contribution in [-0.4, -0.2) is 22.8 Å². The molecule has 1 aromatic heterocycles. The Bertz CT molecular complexity index is 630. The second-order valence-electron chi connectivity index (χ2n) is 5.66. The Hall–Kier alpha value is -0.770. The molecule has 0 aliphatic carbocycles. The van der Waals surface area contributed by atoms with E-state index in [4.69, 9.17) is 32.9 Å². The van der Waals surface area contributed by atoms with E-state index < -0.39 is 0 Å². The normalized spacial score (nSPS) is 20.2. The zero-order valence-electron chi connectivity index (χ0n) is 11.7. The molecule has 1 aliphatic heterocycles. The molecule has 1 aliphatic rings. The van der Waals surface area contributed by atoms with E-state index in [-0.39, 0.29) is 10.9 Å². The Labute approximate surface area is 128 Å². The zero-order chi connectivity index (χ0) is 14.3. The van der Waals surface area contributed by atoms with E-state index in [9.17, 15) is 0 Å². The van der Waals surface area contributed by atoms with Gasteiger partial charge in [0.05, 0.1) is 16.4 Å². The minimum atomic E-state index is -0.138. The summed E-state index contributed by atoms with van der Waals surface area (Å²) in [5.74, 6) is 0.910. The number of aromatic nitrogens is 2. The van der Waals surface area contributed by atoms with Crippen molar-refractivity contribution in [3.63, 3.8) is 0 Å². The van der Waals surface area contributed by atoms with Gasteiger partial charge in [0.25, 0.3) is 0 Å². The van der Waals surface area contributed by atoms with E-state index >= 15 is 0 Å². The highest BCUT2D eigenvalue weighted by Gasteiger charge is 2.33. The second kappa shape index (κ2) is 5.21. The third kappa shape index (κ3) is 2.32. The highest BCUT2D eigenvalue weighted by molar-refractivity contribution is 6.31. The summed E-state index contributed by atoms with van der Waals surface area (Å²) in [5, 5.41) is 0.587. The molecular weight excluding hydrogens is 295 g/mol. The SMILES string of the molecule is CC(Cl)c1nc2ccc(Cl)cc2n1C1(C)CCOCC1. The van der Waals surface area contributed by atoms with Gasteiger partial charge in [-0.3, -0.25) is 0 Å². The van der Waals surface area contributed by atoms with Gasteiger partial charge < -0.3 is 9.30 Å². The number of fused-ring (bicyclic) bond motifs is 1. The van der Waals surface area contributed by atoms with Crippen molar-refractivity contribution in [1.82, 2.24) is 9.55 Å². The molecular formula is C15H18Cl2N2O. The van der Waals surface area contributed by atoms with Crippen LogP contribution in [0.1, 0.15) is 37.9 Å². The van der Waals surface area contributed by atoms with E-state index in [1.54, 1.807) is 0 Å². The zero-order valence-corrected chi connectivity index (χ0v) is 13.2. The first-order valence-electron chi connectivity index (χ1n) is 6.91. The van der Waals surface area contributed by atoms with Crippen LogP contribution in [0.25, 0.3) is 11.0 Å². The summed E-state index contributed by atoms with van der Waals surface area (Å²) in [6, 6.07) is 5.81. The fraction of sp³-hybridized carbons (Fsp3) is 0.533. The predicted octanol–water partition coefficient (Wildman–Crippen LogP) is 4.52. The molecule has 108 valence electrons. The summed E-state index contributed by atoms with van der Waals surface area (Å²) >= 11 is 12.5. The van der Waals surface area contributed by atoms with E-state index in [1.165, 1.54) is 0 Å². The average Bonchev–Trinajstić information content (AvgIpc) is 2.79. The maximum Gasteiger partial charge on any atom is 0.128 e. The minimum Gasteiger partial charge on any atom is -0.381 e. The van der Waals surface area contributed by atoms with Crippen molar-refractivity contribution in [1.29, 1.82) is 0 Å². The first kappa shape index (κ1) is 14.2. The molecule has 1 atom stereocenters. The molecule has 0 N–H and O–H groups in total. The van der Waals surface area contributed by atoms with E-state index in [0.717, 1.165) is 47.9 Å². The molecule has 2 heterocycles. The van der Waals surface area contributed by atoms with Crippen LogP contribution in [0.4, 0.5) is 0 Å². The van der Waals surface area contributed by atoms with Gasteiger partial charge in [0.1, 0.15) is 5.82 Å². The van der Waals surface area contributed by atoms with Crippen molar-refractivity contribution in [2.24, 2.45) is 0 Å². The maximum atomic E-state index is 6.35. The van der Waals surface area contributed by atoms with Gasteiger partial charge in [0, 0.05) is 23.8 Å². The summed E-state index contributed by atoms with van der Waals surface area (Å²) in [6.45, 7) is 5.75. The van der Waals surface area contributed by atoms with Gasteiger partial charge in [-0.2, -0.15) is 0 Å². The number of imidazole rings is 1. The molecule has 1 aromatic carbocycles. The maximum absolute atomic E-state index is 6.35. The van der Waals surface area contributed by atoms with Gasteiger partial charge in [-0.15, -0.1) is 11.6 Å². The first-order valence-corrected chi connectivity index (χ1v) is 7.73. The molecule has 1 fully saturated rings. The highest BCUT2D eigenvalue weighted by Crippen LogP contribution is 2.37. The molecule has 3 rings (SSSR count). The van der Waals surface area contributed by atoms with Crippen LogP contribution in [0.15, 0.2) is 18.2 Å². The summed E-state index contributed by atoms with van der Waals surface area (Å²) in [4.78, 5) is 4.71. The Morgan fingerprint density at radius 2 is 2.05 bits per heavy atom. The Balaban J connectivity index is 2.25. The van der Waals surface area contributed by atoms with Crippen LogP contribution < -0.4 is 0 Å². The molecule has 0 amide bonds. The van der Waals surface area contributed by atoms with Gasteiger partial charge in [0.2, 0.25) is 0 Å². The standard InChI is InChI=1S/C15H18Cl2N2O/c1-10(16)14-18-12-4-3-11(17)9-13(12)19(14)15(2)5-7-20-8-6-15/h3-4,9-10H,5-8H2,1-2H3. The number of nitrogens with zero attached hydrogens (tertiary/aromatic N) is 2. The van der Waals surface area contributed by atoms with Gasteiger partial charge in [-0.25, -0.2) is 4.98 Å². The van der Waals surface area contributed by atoms with E-state index in [0.29, 0.717) is 0 Å². The topological polar surface area (TPSA) is 27.1 Å². The summed E-state index contributed by atoms with van der Waals surface area (Å²) in [5.41, 5.74) is 1.99. The lowest BCUT2D eigenvalue weighted by atomic mass is 9.91. The summed E-state index contributed by atoms with van der Waals surface area (Å²) in [6.07, 6.45) is 1.92. The minimum absolute atomic E-state index is 0.0177. The lowest BCUT2D eigenvalue weighted by molar-refractivity contribution is 0.0300. The summed E-state index contributed by atoms with van der Waals surface area (Å²) < 4.78 is 7.78. The monoisotopic (exact) mass is 312 g/mol. The number of benzene rings is 1. The van der Waals surface area contributed by atoms with Crippen molar-refractivity contribution in [2.75, 3.05) is 13.2 Å². The molecule has 0 spiro atoms. The van der Waals surface area contributed by atoms with Gasteiger partial charge >= 0.3 is 0 Å². The number of alkyl halides is 1. The molecule has 5 heteroatoms. The van der Waals surface area contributed by atoms with Crippen LogP contribution in [0.5, 0.6) is 0 Å². The van der Waals surface area contributed by atoms with Crippen molar-refractivity contribution in [3.8, 4) is 0 Å². The molecule has 2 aromatic rings. The van der Waals surface area contributed by atoms with Gasteiger partial charge in [-0.1, -0.05) is 11.6 Å². The molecule has 0 bridgehead atoms. The third-order valence-corrected chi connectivity index (χ3v) is 4.54. The smallest absolute Gasteiger partial charge is 0.128 e. The van der Waals surface area contributed by atoms with Crippen LogP contribution in [-0.2, 0) is 10.3 Å². The second-order valence-corrected chi connectivity index (χ2v) is 6.75. The van der Waals surface area contributed by atoms with Crippen LogP contribution in [0.3, 0.4) is 0 Å². The number of halogens is 2. The van der Waals surface area contributed by atoms with Gasteiger partial charge in [0.15, 0.2) is 0 Å². The molecule has 0 saturated carbocycles. The summed E-state index contributed by atoms with van der Waals surface area (Å²) in [7, 11) is 0. The van der Waals surface area contributed by atoms with Crippen molar-refractivity contribution >= 4 is 34.2 Å². The number of ether oxygens (including phenoxy) is 1. The van der Waals surface area contributed by atoms with Crippen molar-refractivity contribution in [3.05, 3.63) is 29.0 Å². The van der Waals surface area contributed by atoms with E-state index in [1.807, 2.05) is 25.1 Å². The molecule has 3 nitrogen and oxygen atoms in total. The van der Waals surface area contributed by atoms with Crippen LogP contribution in [0, 0.1) is 0 Å². The Morgan fingerprint density at radius 1 is 1.35 bits per heavy atom. The lowest BCUT2D eigenvalue weighted by Crippen LogP contribution is -2.37. The quantitative estimate of drug-likeness (QED) is 0.763. The largest absolute Gasteiger partial charge is 0.381 e. The first-order chi connectivity index (χ1) is 9.51. The number of rotatable bonds is 2. The highest BCUT2D eigenvalue weighted by atomic mass is 35.5. The van der Waals surface area contributed by atoms with E-state index in [2.05, 4.69) is 11.5 Å². The lowest BCUT2D eigenvalue weighted by Gasteiger charge is -2.37. The van der Waals surface area contributed by atoms with Crippen LogP contribution in [0.2, 0.25) is 5.02 Å². The van der Waals surface area contributed by atoms with Crippen molar-refractivity contribution in [2.45, 2.75) is 37.6 Å². The number of hydrogen-bond acceptors (Lipinski definition) is 2. The van der Waals surface area contributed by atoms with Gasteiger partial charge in [-0.05, 0) is 44.9 Å². The number of hydrogen-bond donors (Lipinski definition) is 0. The molecule has 1 saturated heterocycles. The molecule has 0 radical (unpaired) electrons. The Morgan fingerprint density at radius 3 is 2.70 bits per heavy atom. The van der Waals surface area contributed by atoms with Crippen LogP contribution >= 0.6 is 23.2 Å².